The van der Waals surface area contributed by atoms with Crippen LogP contribution in [0.3, 0.4) is 0 Å². The van der Waals surface area contributed by atoms with Gasteiger partial charge in [-0.1, -0.05) is 30.3 Å². The number of ether oxygens (including phenoxy) is 1. The van der Waals surface area contributed by atoms with E-state index in [4.69, 9.17) is 10.5 Å². The van der Waals surface area contributed by atoms with Gasteiger partial charge < -0.3 is 15.8 Å². The highest BCUT2D eigenvalue weighted by Crippen LogP contribution is 2.07. The molecule has 1 atom stereocenters. The smallest absolute Gasteiger partial charge is 0.408 e. The molecule has 3 N–H and O–H groups in total. The molecule has 0 bridgehead atoms. The highest BCUT2D eigenvalue weighted by Gasteiger charge is 2.17. The van der Waals surface area contributed by atoms with Gasteiger partial charge in [-0.2, -0.15) is 0 Å². The maximum atomic E-state index is 11.4. The summed E-state index contributed by atoms with van der Waals surface area (Å²) < 4.78 is 5.12. The van der Waals surface area contributed by atoms with E-state index in [1.54, 1.807) is 0 Å². The van der Waals surface area contributed by atoms with Crippen LogP contribution in [0.4, 0.5) is 4.79 Å². The van der Waals surface area contributed by atoms with Gasteiger partial charge in [-0.25, -0.2) is 4.79 Å². The van der Waals surface area contributed by atoms with Gasteiger partial charge in [0.05, 0.1) is 6.17 Å². The Hall–Kier alpha value is -1.55. The van der Waals surface area contributed by atoms with Crippen molar-refractivity contribution in [2.24, 2.45) is 5.73 Å². The second-order valence-corrected chi connectivity index (χ2v) is 4.94. The quantitative estimate of drug-likeness (QED) is 0.789. The summed E-state index contributed by atoms with van der Waals surface area (Å²) in [4.78, 5) is 11.4. The van der Waals surface area contributed by atoms with E-state index in [0.29, 0.717) is 6.42 Å². The van der Waals surface area contributed by atoms with Crippen molar-refractivity contribution in [3.05, 3.63) is 35.9 Å². The van der Waals surface area contributed by atoms with Crippen LogP contribution < -0.4 is 11.1 Å². The number of rotatable bonds is 3. The zero-order chi connectivity index (χ0) is 12.9. The fourth-order valence-electron chi connectivity index (χ4n) is 1.38. The van der Waals surface area contributed by atoms with E-state index in [0.717, 1.165) is 5.56 Å². The normalized spacial score (nSPS) is 12.9. The lowest BCUT2D eigenvalue weighted by atomic mass is 10.1. The van der Waals surface area contributed by atoms with Crippen molar-refractivity contribution in [3.63, 3.8) is 0 Å². The lowest BCUT2D eigenvalue weighted by Crippen LogP contribution is -2.45. The van der Waals surface area contributed by atoms with E-state index in [-0.39, 0.29) is 0 Å². The predicted octanol–water partition coefficient (Wildman–Crippen LogP) is 2.04. The van der Waals surface area contributed by atoms with E-state index in [1.807, 2.05) is 51.1 Å². The monoisotopic (exact) mass is 236 g/mol. The third-order valence-corrected chi connectivity index (χ3v) is 2.00. The number of carbonyl (C=O) groups excluding carboxylic acids is 1. The lowest BCUT2D eigenvalue weighted by molar-refractivity contribution is 0.0506. The Kier molecular flexibility index (Phi) is 4.52. The van der Waals surface area contributed by atoms with Gasteiger partial charge in [-0.15, -0.1) is 0 Å². The molecule has 0 radical (unpaired) electrons. The van der Waals surface area contributed by atoms with Crippen LogP contribution in [0.2, 0.25) is 0 Å². The number of alkyl carbamates (subject to hydrolysis) is 1. The SMILES string of the molecule is CC(C)(C)OC(=O)N[C@@H](N)Cc1ccccc1. The molecular formula is C13H20N2O2. The molecule has 0 aromatic heterocycles. The van der Waals surface area contributed by atoms with Crippen LogP contribution in [-0.2, 0) is 11.2 Å². The summed E-state index contributed by atoms with van der Waals surface area (Å²) in [6.07, 6.45) is -0.340. The van der Waals surface area contributed by atoms with Gasteiger partial charge in [0.1, 0.15) is 5.60 Å². The Bertz CT molecular complexity index is 357. The maximum absolute atomic E-state index is 11.4. The van der Waals surface area contributed by atoms with Gasteiger partial charge in [0.15, 0.2) is 0 Å². The first kappa shape index (κ1) is 13.5. The number of benzene rings is 1. The van der Waals surface area contributed by atoms with Crippen molar-refractivity contribution in [2.45, 2.75) is 39.0 Å². The molecule has 0 unspecified atom stereocenters. The highest BCUT2D eigenvalue weighted by atomic mass is 16.6. The zero-order valence-electron chi connectivity index (χ0n) is 10.6. The van der Waals surface area contributed by atoms with E-state index in [1.165, 1.54) is 0 Å². The fraction of sp³-hybridized carbons (Fsp3) is 0.462. The molecular weight excluding hydrogens is 216 g/mol. The molecule has 17 heavy (non-hydrogen) atoms. The fourth-order valence-corrected chi connectivity index (χ4v) is 1.38. The van der Waals surface area contributed by atoms with Gasteiger partial charge in [0.25, 0.3) is 0 Å². The van der Waals surface area contributed by atoms with Gasteiger partial charge in [0.2, 0.25) is 0 Å². The number of nitrogens with one attached hydrogen (secondary N) is 1. The summed E-state index contributed by atoms with van der Waals surface area (Å²) >= 11 is 0. The van der Waals surface area contributed by atoms with Crippen LogP contribution in [0.5, 0.6) is 0 Å². The van der Waals surface area contributed by atoms with Gasteiger partial charge in [0, 0.05) is 6.42 Å². The van der Waals surface area contributed by atoms with Crippen molar-refractivity contribution in [3.8, 4) is 0 Å². The first-order chi connectivity index (χ1) is 7.87. The number of nitrogens with two attached hydrogens (primary N) is 1. The van der Waals surface area contributed by atoms with Crippen molar-refractivity contribution in [1.82, 2.24) is 5.32 Å². The van der Waals surface area contributed by atoms with E-state index >= 15 is 0 Å². The van der Waals surface area contributed by atoms with Crippen LogP contribution in [0.1, 0.15) is 26.3 Å². The molecule has 0 saturated carbocycles. The third kappa shape index (κ3) is 5.92. The number of hydrogen-bond donors (Lipinski definition) is 2. The Morgan fingerprint density at radius 3 is 2.47 bits per heavy atom. The predicted molar refractivity (Wildman–Crippen MR) is 67.5 cm³/mol. The molecule has 1 amide bonds. The molecule has 0 aliphatic heterocycles. The van der Waals surface area contributed by atoms with Crippen molar-refractivity contribution < 1.29 is 9.53 Å². The summed E-state index contributed by atoms with van der Waals surface area (Å²) in [5.74, 6) is 0. The third-order valence-electron chi connectivity index (χ3n) is 2.00. The van der Waals surface area contributed by atoms with Crippen LogP contribution in [0, 0.1) is 0 Å². The molecule has 0 spiro atoms. The van der Waals surface area contributed by atoms with E-state index < -0.39 is 17.9 Å². The molecule has 0 aliphatic rings. The molecule has 0 aliphatic carbocycles. The van der Waals surface area contributed by atoms with Gasteiger partial charge in [-0.3, -0.25) is 0 Å². The minimum absolute atomic E-state index is 0.438. The van der Waals surface area contributed by atoms with Crippen LogP contribution >= 0.6 is 0 Å². The number of hydrogen-bond acceptors (Lipinski definition) is 3. The molecule has 0 saturated heterocycles. The first-order valence-electron chi connectivity index (χ1n) is 5.66. The van der Waals surface area contributed by atoms with Crippen LogP contribution in [-0.4, -0.2) is 17.9 Å². The van der Waals surface area contributed by atoms with Crippen LogP contribution in [0.25, 0.3) is 0 Å². The topological polar surface area (TPSA) is 64.3 Å². The molecule has 0 heterocycles. The second-order valence-electron chi connectivity index (χ2n) is 4.94. The molecule has 4 heteroatoms. The number of amides is 1. The first-order valence-corrected chi connectivity index (χ1v) is 5.66. The van der Waals surface area contributed by atoms with Crippen LogP contribution in [0.15, 0.2) is 30.3 Å². The van der Waals surface area contributed by atoms with Crippen molar-refractivity contribution in [2.75, 3.05) is 0 Å². The number of carbonyl (C=O) groups is 1. The molecule has 1 aromatic carbocycles. The molecule has 1 aromatic rings. The summed E-state index contributed by atoms with van der Waals surface area (Å²) in [5, 5.41) is 2.60. The largest absolute Gasteiger partial charge is 0.444 e. The van der Waals surface area contributed by atoms with Crippen molar-refractivity contribution >= 4 is 6.09 Å². The summed E-state index contributed by atoms with van der Waals surface area (Å²) in [5.41, 5.74) is 6.39. The zero-order valence-corrected chi connectivity index (χ0v) is 10.6. The second kappa shape index (κ2) is 5.68. The maximum Gasteiger partial charge on any atom is 0.408 e. The Labute approximate surface area is 102 Å². The lowest BCUT2D eigenvalue weighted by Gasteiger charge is -2.21. The van der Waals surface area contributed by atoms with E-state index in [2.05, 4.69) is 5.32 Å². The summed E-state index contributed by atoms with van der Waals surface area (Å²) in [6.45, 7) is 5.44. The average Bonchev–Trinajstić information content (AvgIpc) is 2.15. The summed E-state index contributed by atoms with van der Waals surface area (Å²) in [7, 11) is 0. The minimum atomic E-state index is -0.503. The standard InChI is InChI=1S/C13H20N2O2/c1-13(2,3)17-12(16)15-11(14)9-10-7-5-4-6-8-10/h4-8,11H,9,14H2,1-3H3,(H,15,16)/t11-/m1/s1. The van der Waals surface area contributed by atoms with Crippen molar-refractivity contribution in [1.29, 1.82) is 0 Å². The minimum Gasteiger partial charge on any atom is -0.444 e. The summed E-state index contributed by atoms with van der Waals surface area (Å²) in [6, 6.07) is 9.76. The highest BCUT2D eigenvalue weighted by molar-refractivity contribution is 5.68. The van der Waals surface area contributed by atoms with Gasteiger partial charge in [-0.05, 0) is 26.3 Å². The molecule has 94 valence electrons. The Morgan fingerprint density at radius 2 is 1.94 bits per heavy atom. The molecule has 0 fully saturated rings. The molecule has 1 rings (SSSR count). The molecule has 4 nitrogen and oxygen atoms in total. The average molecular weight is 236 g/mol. The Morgan fingerprint density at radius 1 is 1.35 bits per heavy atom. The van der Waals surface area contributed by atoms with E-state index in [9.17, 15) is 4.79 Å². The van der Waals surface area contributed by atoms with Gasteiger partial charge >= 0.3 is 6.09 Å². The Balaban J connectivity index is 2.40.